The number of thiol groups is 1. The average Bonchev–Trinajstić information content (AvgIpc) is 2.21. The van der Waals surface area contributed by atoms with E-state index in [9.17, 15) is 4.79 Å². The van der Waals surface area contributed by atoms with Crippen molar-refractivity contribution in [3.05, 3.63) is 29.3 Å². The fraction of sp³-hybridized carbons (Fsp3) is 0.364. The SMILES string of the molecule is Cc1ccc(S)cc1C(=O)N(C)CCO. The summed E-state index contributed by atoms with van der Waals surface area (Å²) in [5.41, 5.74) is 1.56. The van der Waals surface area contributed by atoms with E-state index in [2.05, 4.69) is 12.6 Å². The van der Waals surface area contributed by atoms with Gasteiger partial charge in [0.15, 0.2) is 0 Å². The highest BCUT2D eigenvalue weighted by atomic mass is 32.1. The maximum atomic E-state index is 11.9. The number of benzene rings is 1. The van der Waals surface area contributed by atoms with Gasteiger partial charge in [-0.05, 0) is 24.6 Å². The lowest BCUT2D eigenvalue weighted by atomic mass is 10.1. The molecule has 0 fully saturated rings. The summed E-state index contributed by atoms with van der Waals surface area (Å²) in [6, 6.07) is 5.46. The molecule has 0 spiro atoms. The molecule has 3 nitrogen and oxygen atoms in total. The van der Waals surface area contributed by atoms with E-state index in [0.717, 1.165) is 10.5 Å². The van der Waals surface area contributed by atoms with Gasteiger partial charge in [0.25, 0.3) is 5.91 Å². The first-order chi connectivity index (χ1) is 7.06. The van der Waals surface area contributed by atoms with Crippen molar-refractivity contribution in [2.45, 2.75) is 11.8 Å². The monoisotopic (exact) mass is 225 g/mol. The zero-order valence-corrected chi connectivity index (χ0v) is 9.79. The highest BCUT2D eigenvalue weighted by Gasteiger charge is 2.13. The molecule has 0 aliphatic carbocycles. The maximum Gasteiger partial charge on any atom is 0.253 e. The molecule has 1 aromatic rings. The van der Waals surface area contributed by atoms with Crippen LogP contribution < -0.4 is 0 Å². The van der Waals surface area contributed by atoms with Crippen LogP contribution in [0, 0.1) is 6.92 Å². The fourth-order valence-corrected chi connectivity index (χ4v) is 1.50. The molecule has 0 aliphatic rings. The van der Waals surface area contributed by atoms with Gasteiger partial charge in [0, 0.05) is 24.1 Å². The second kappa shape index (κ2) is 5.19. The summed E-state index contributed by atoms with van der Waals surface area (Å²) in [5.74, 6) is -0.0857. The van der Waals surface area contributed by atoms with Crippen LogP contribution in [0.5, 0.6) is 0 Å². The van der Waals surface area contributed by atoms with Crippen LogP contribution in [-0.2, 0) is 0 Å². The lowest BCUT2D eigenvalue weighted by Crippen LogP contribution is -2.30. The Balaban J connectivity index is 2.95. The third-order valence-corrected chi connectivity index (χ3v) is 2.51. The van der Waals surface area contributed by atoms with Gasteiger partial charge in [0.05, 0.1) is 6.61 Å². The Hall–Kier alpha value is -1.00. The normalized spacial score (nSPS) is 10.1. The van der Waals surface area contributed by atoms with Crippen LogP contribution in [-0.4, -0.2) is 36.1 Å². The van der Waals surface area contributed by atoms with Crippen molar-refractivity contribution in [3.63, 3.8) is 0 Å². The van der Waals surface area contributed by atoms with Crippen molar-refractivity contribution in [1.82, 2.24) is 4.90 Å². The lowest BCUT2D eigenvalue weighted by Gasteiger charge is -2.17. The zero-order valence-electron chi connectivity index (χ0n) is 8.90. The number of hydrogen-bond acceptors (Lipinski definition) is 3. The van der Waals surface area contributed by atoms with Crippen LogP contribution in [0.15, 0.2) is 23.1 Å². The van der Waals surface area contributed by atoms with E-state index in [1.54, 1.807) is 13.1 Å². The molecular weight excluding hydrogens is 210 g/mol. The minimum Gasteiger partial charge on any atom is -0.395 e. The van der Waals surface area contributed by atoms with Gasteiger partial charge in [-0.1, -0.05) is 6.07 Å². The predicted octanol–water partition coefficient (Wildman–Crippen LogP) is 1.35. The van der Waals surface area contributed by atoms with Crippen LogP contribution in [0.4, 0.5) is 0 Å². The highest BCUT2D eigenvalue weighted by molar-refractivity contribution is 7.80. The molecule has 82 valence electrons. The summed E-state index contributed by atoms with van der Waals surface area (Å²) in [7, 11) is 1.67. The summed E-state index contributed by atoms with van der Waals surface area (Å²) in [6.07, 6.45) is 0. The number of nitrogens with zero attached hydrogens (tertiary/aromatic N) is 1. The Morgan fingerprint density at radius 1 is 1.53 bits per heavy atom. The lowest BCUT2D eigenvalue weighted by molar-refractivity contribution is 0.0766. The van der Waals surface area contributed by atoms with Gasteiger partial charge in [-0.15, -0.1) is 12.6 Å². The van der Waals surface area contributed by atoms with Crippen LogP contribution in [0.3, 0.4) is 0 Å². The molecule has 1 amide bonds. The first-order valence-electron chi connectivity index (χ1n) is 4.72. The van der Waals surface area contributed by atoms with E-state index in [-0.39, 0.29) is 12.5 Å². The number of likely N-dealkylation sites (N-methyl/N-ethyl adjacent to an activating group) is 1. The molecule has 15 heavy (non-hydrogen) atoms. The van der Waals surface area contributed by atoms with Gasteiger partial charge in [-0.25, -0.2) is 0 Å². The molecule has 0 saturated carbocycles. The van der Waals surface area contributed by atoms with E-state index < -0.39 is 0 Å². The van der Waals surface area contributed by atoms with E-state index in [1.807, 2.05) is 19.1 Å². The molecule has 1 aromatic carbocycles. The molecule has 1 N–H and O–H groups in total. The number of aliphatic hydroxyl groups excluding tert-OH is 1. The van der Waals surface area contributed by atoms with Crippen molar-refractivity contribution in [3.8, 4) is 0 Å². The topological polar surface area (TPSA) is 40.5 Å². The van der Waals surface area contributed by atoms with Crippen molar-refractivity contribution in [2.24, 2.45) is 0 Å². The molecule has 0 unspecified atom stereocenters. The van der Waals surface area contributed by atoms with Crippen LogP contribution in [0.2, 0.25) is 0 Å². The smallest absolute Gasteiger partial charge is 0.253 e. The van der Waals surface area contributed by atoms with Crippen molar-refractivity contribution in [2.75, 3.05) is 20.2 Å². The summed E-state index contributed by atoms with van der Waals surface area (Å²) >= 11 is 4.20. The van der Waals surface area contributed by atoms with Gasteiger partial charge < -0.3 is 10.0 Å². The number of aryl methyl sites for hydroxylation is 1. The second-order valence-electron chi connectivity index (χ2n) is 3.45. The molecule has 0 radical (unpaired) electrons. The van der Waals surface area contributed by atoms with E-state index in [1.165, 1.54) is 4.90 Å². The van der Waals surface area contributed by atoms with Crippen LogP contribution in [0.1, 0.15) is 15.9 Å². The Kier molecular flexibility index (Phi) is 4.17. The van der Waals surface area contributed by atoms with Gasteiger partial charge in [-0.3, -0.25) is 4.79 Å². The number of amides is 1. The maximum absolute atomic E-state index is 11.9. The molecule has 0 atom stereocenters. The van der Waals surface area contributed by atoms with Crippen molar-refractivity contribution >= 4 is 18.5 Å². The summed E-state index contributed by atoms with van der Waals surface area (Å²) in [5, 5.41) is 8.75. The fourth-order valence-electron chi connectivity index (χ4n) is 1.30. The molecule has 0 saturated heterocycles. The number of hydrogen-bond donors (Lipinski definition) is 2. The van der Waals surface area contributed by atoms with Gasteiger partial charge in [0.1, 0.15) is 0 Å². The average molecular weight is 225 g/mol. The standard InChI is InChI=1S/C11H15NO2S/c1-8-3-4-9(15)7-10(8)11(14)12(2)5-6-13/h3-4,7,13,15H,5-6H2,1-2H3. The van der Waals surface area contributed by atoms with E-state index >= 15 is 0 Å². The molecular formula is C11H15NO2S. The number of aliphatic hydroxyl groups is 1. The Labute approximate surface area is 95.1 Å². The minimum absolute atomic E-state index is 0.0259. The number of carbonyl (C=O) groups is 1. The number of carbonyl (C=O) groups excluding carboxylic acids is 1. The molecule has 0 aromatic heterocycles. The number of rotatable bonds is 3. The first-order valence-corrected chi connectivity index (χ1v) is 5.17. The van der Waals surface area contributed by atoms with Crippen LogP contribution >= 0.6 is 12.6 Å². The van der Waals surface area contributed by atoms with Gasteiger partial charge >= 0.3 is 0 Å². The molecule has 0 bridgehead atoms. The summed E-state index contributed by atoms with van der Waals surface area (Å²) in [4.78, 5) is 14.1. The molecule has 1 rings (SSSR count). The highest BCUT2D eigenvalue weighted by Crippen LogP contribution is 2.15. The summed E-state index contributed by atoms with van der Waals surface area (Å²) in [6.45, 7) is 2.20. The molecule has 0 heterocycles. The molecule has 0 aliphatic heterocycles. The predicted molar refractivity (Wildman–Crippen MR) is 62.5 cm³/mol. The van der Waals surface area contributed by atoms with Crippen LogP contribution in [0.25, 0.3) is 0 Å². The Morgan fingerprint density at radius 2 is 2.20 bits per heavy atom. The third-order valence-electron chi connectivity index (χ3n) is 2.23. The second-order valence-corrected chi connectivity index (χ2v) is 3.97. The van der Waals surface area contributed by atoms with Gasteiger partial charge in [0.2, 0.25) is 0 Å². The zero-order chi connectivity index (χ0) is 11.4. The third kappa shape index (κ3) is 2.97. The molecule has 4 heteroatoms. The van der Waals surface area contributed by atoms with Gasteiger partial charge in [-0.2, -0.15) is 0 Å². The minimum atomic E-state index is -0.0857. The van der Waals surface area contributed by atoms with E-state index in [4.69, 9.17) is 5.11 Å². The summed E-state index contributed by atoms with van der Waals surface area (Å²) < 4.78 is 0. The van der Waals surface area contributed by atoms with Crippen molar-refractivity contribution < 1.29 is 9.90 Å². The quantitative estimate of drug-likeness (QED) is 0.762. The Morgan fingerprint density at radius 3 is 2.80 bits per heavy atom. The Bertz CT molecular complexity index is 366. The van der Waals surface area contributed by atoms with E-state index in [0.29, 0.717) is 12.1 Å². The van der Waals surface area contributed by atoms with Crippen molar-refractivity contribution in [1.29, 1.82) is 0 Å². The largest absolute Gasteiger partial charge is 0.395 e. The first kappa shape index (κ1) is 12.1.